The topological polar surface area (TPSA) is 32.9 Å². The second-order valence-corrected chi connectivity index (χ2v) is 4.48. The zero-order chi connectivity index (χ0) is 14.2. The fourth-order valence-electron chi connectivity index (χ4n) is 1.67. The molecule has 0 aliphatic carbocycles. The van der Waals surface area contributed by atoms with Crippen molar-refractivity contribution in [1.82, 2.24) is 4.98 Å². The minimum atomic E-state index is -4.69. The van der Waals surface area contributed by atoms with Crippen LogP contribution in [0.25, 0.3) is 11.1 Å². The van der Waals surface area contributed by atoms with Gasteiger partial charge in [-0.15, -0.1) is 0 Å². The van der Waals surface area contributed by atoms with E-state index in [1.165, 1.54) is 18.2 Å². The number of nitrogens with one attached hydrogen (secondary N) is 1. The maximum absolute atomic E-state index is 12.9. The van der Waals surface area contributed by atoms with Crippen LogP contribution in [0.4, 0.5) is 13.2 Å². The Morgan fingerprint density at radius 1 is 1.11 bits per heavy atom. The predicted molar refractivity (Wildman–Crippen MR) is 67.5 cm³/mol. The van der Waals surface area contributed by atoms with E-state index < -0.39 is 22.9 Å². The number of rotatable bonds is 1. The Balaban J connectivity index is 2.83. The second-order valence-electron chi connectivity index (χ2n) is 3.69. The van der Waals surface area contributed by atoms with Crippen molar-refractivity contribution in [2.45, 2.75) is 6.18 Å². The summed E-state index contributed by atoms with van der Waals surface area (Å²) in [6.45, 7) is 0. The van der Waals surface area contributed by atoms with Crippen LogP contribution in [-0.2, 0) is 6.18 Å². The number of benzene rings is 1. The zero-order valence-corrected chi connectivity index (χ0v) is 10.7. The van der Waals surface area contributed by atoms with Crippen LogP contribution in [0.15, 0.2) is 35.3 Å². The molecular formula is C12H6Cl2F3NO. The van der Waals surface area contributed by atoms with E-state index in [-0.39, 0.29) is 15.6 Å². The lowest BCUT2D eigenvalue weighted by atomic mass is 10.0. The Labute approximate surface area is 115 Å². The fraction of sp³-hybridized carbons (Fsp3) is 0.0833. The number of hydrogen-bond donors (Lipinski definition) is 1. The summed E-state index contributed by atoms with van der Waals surface area (Å²) in [4.78, 5) is 13.8. The third-order valence-electron chi connectivity index (χ3n) is 2.46. The number of pyridine rings is 1. The van der Waals surface area contributed by atoms with Crippen molar-refractivity contribution in [2.75, 3.05) is 0 Å². The van der Waals surface area contributed by atoms with E-state index in [9.17, 15) is 18.0 Å². The lowest BCUT2D eigenvalue weighted by molar-refractivity contribution is -0.140. The largest absolute Gasteiger partial charge is 0.431 e. The third-order valence-corrected chi connectivity index (χ3v) is 3.28. The van der Waals surface area contributed by atoms with E-state index in [0.717, 1.165) is 12.3 Å². The van der Waals surface area contributed by atoms with Gasteiger partial charge in [-0.1, -0.05) is 35.3 Å². The van der Waals surface area contributed by atoms with Gasteiger partial charge in [0.05, 0.1) is 15.6 Å². The molecule has 0 saturated carbocycles. The minimum absolute atomic E-state index is 0.0525. The van der Waals surface area contributed by atoms with E-state index in [2.05, 4.69) is 0 Å². The average molecular weight is 308 g/mol. The maximum atomic E-state index is 12.9. The van der Waals surface area contributed by atoms with Gasteiger partial charge in [-0.2, -0.15) is 13.2 Å². The molecule has 0 atom stereocenters. The van der Waals surface area contributed by atoms with Crippen LogP contribution in [0.1, 0.15) is 5.69 Å². The highest BCUT2D eigenvalue weighted by Crippen LogP contribution is 2.38. The van der Waals surface area contributed by atoms with E-state index in [0.29, 0.717) is 0 Å². The van der Waals surface area contributed by atoms with Crippen LogP contribution in [0.3, 0.4) is 0 Å². The smallest absolute Gasteiger partial charge is 0.357 e. The molecule has 1 aromatic heterocycles. The van der Waals surface area contributed by atoms with Crippen molar-refractivity contribution in [3.8, 4) is 11.1 Å². The van der Waals surface area contributed by atoms with Crippen LogP contribution in [0.5, 0.6) is 0 Å². The van der Waals surface area contributed by atoms with Crippen LogP contribution in [0.2, 0.25) is 10.0 Å². The first-order valence-corrected chi connectivity index (χ1v) is 5.81. The van der Waals surface area contributed by atoms with Crippen molar-refractivity contribution >= 4 is 23.2 Å². The van der Waals surface area contributed by atoms with Gasteiger partial charge in [0.1, 0.15) is 5.69 Å². The average Bonchev–Trinajstić information content (AvgIpc) is 2.32. The van der Waals surface area contributed by atoms with Crippen molar-refractivity contribution in [2.24, 2.45) is 0 Å². The van der Waals surface area contributed by atoms with Crippen molar-refractivity contribution in [3.05, 3.63) is 56.4 Å². The Morgan fingerprint density at radius 2 is 1.79 bits per heavy atom. The standard InChI is InChI=1S/C12H6Cl2F3NO/c13-7-3-1-2-6(10(7)14)9-8(19)4-5-18-11(9)12(15,16)17/h1-5H,(H,18,19). The Kier molecular flexibility index (Phi) is 3.60. The number of halogens is 5. The summed E-state index contributed by atoms with van der Waals surface area (Å²) in [6, 6.07) is 5.17. The summed E-state index contributed by atoms with van der Waals surface area (Å²) in [7, 11) is 0. The molecule has 0 radical (unpaired) electrons. The molecule has 2 nitrogen and oxygen atoms in total. The van der Waals surface area contributed by atoms with Crippen LogP contribution in [0, 0.1) is 0 Å². The van der Waals surface area contributed by atoms with Gasteiger partial charge in [0.15, 0.2) is 5.43 Å². The zero-order valence-electron chi connectivity index (χ0n) is 9.18. The van der Waals surface area contributed by atoms with Crippen molar-refractivity contribution in [1.29, 1.82) is 0 Å². The Morgan fingerprint density at radius 3 is 2.42 bits per heavy atom. The summed E-state index contributed by atoms with van der Waals surface area (Å²) in [5.41, 5.74) is -2.52. The first kappa shape index (κ1) is 14.0. The molecule has 7 heteroatoms. The normalized spacial score (nSPS) is 11.6. The van der Waals surface area contributed by atoms with Crippen molar-refractivity contribution in [3.63, 3.8) is 0 Å². The maximum Gasteiger partial charge on any atom is 0.431 e. The van der Waals surface area contributed by atoms with Gasteiger partial charge < -0.3 is 4.98 Å². The molecule has 0 unspecified atom stereocenters. The van der Waals surface area contributed by atoms with Crippen LogP contribution < -0.4 is 5.43 Å². The molecule has 0 aliphatic rings. The molecule has 0 aliphatic heterocycles. The summed E-state index contributed by atoms with van der Waals surface area (Å²) >= 11 is 11.6. The Bertz CT molecular complexity index is 679. The van der Waals surface area contributed by atoms with E-state index >= 15 is 0 Å². The molecule has 0 fully saturated rings. The third kappa shape index (κ3) is 2.62. The highest BCUT2D eigenvalue weighted by atomic mass is 35.5. The summed E-state index contributed by atoms with van der Waals surface area (Å²) in [5.74, 6) is 0. The van der Waals surface area contributed by atoms with Crippen molar-refractivity contribution < 1.29 is 13.2 Å². The molecular weight excluding hydrogens is 302 g/mol. The lowest BCUT2D eigenvalue weighted by Crippen LogP contribution is -2.17. The monoisotopic (exact) mass is 307 g/mol. The minimum Gasteiger partial charge on any atom is -0.357 e. The van der Waals surface area contributed by atoms with E-state index in [4.69, 9.17) is 23.2 Å². The predicted octanol–water partition coefficient (Wildman–Crippen LogP) is 4.37. The molecule has 0 saturated heterocycles. The van der Waals surface area contributed by atoms with Crippen LogP contribution in [-0.4, -0.2) is 4.98 Å². The fourth-order valence-corrected chi connectivity index (χ4v) is 2.06. The van der Waals surface area contributed by atoms with Gasteiger partial charge in [-0.05, 0) is 6.07 Å². The van der Waals surface area contributed by atoms with Gasteiger partial charge >= 0.3 is 6.18 Å². The molecule has 0 bridgehead atoms. The van der Waals surface area contributed by atoms with Gasteiger partial charge in [0.25, 0.3) is 0 Å². The molecule has 2 aromatic rings. The number of aromatic amines is 1. The van der Waals surface area contributed by atoms with Gasteiger partial charge in [-0.25, -0.2) is 0 Å². The summed E-state index contributed by atoms with van der Waals surface area (Å²) in [6.07, 6.45) is -3.76. The molecule has 0 spiro atoms. The first-order chi connectivity index (χ1) is 8.82. The molecule has 1 N–H and O–H groups in total. The Hall–Kier alpha value is -1.46. The number of hydrogen-bond acceptors (Lipinski definition) is 1. The number of H-pyrrole nitrogens is 1. The van der Waals surface area contributed by atoms with E-state index in [1.807, 2.05) is 4.98 Å². The van der Waals surface area contributed by atoms with Crippen LogP contribution >= 0.6 is 23.2 Å². The highest BCUT2D eigenvalue weighted by Gasteiger charge is 2.36. The number of aromatic nitrogens is 1. The highest BCUT2D eigenvalue weighted by molar-refractivity contribution is 6.43. The second kappa shape index (κ2) is 4.90. The van der Waals surface area contributed by atoms with E-state index in [1.54, 1.807) is 0 Å². The van der Waals surface area contributed by atoms with Gasteiger partial charge in [0, 0.05) is 17.8 Å². The molecule has 19 heavy (non-hydrogen) atoms. The molecule has 100 valence electrons. The lowest BCUT2D eigenvalue weighted by Gasteiger charge is -2.13. The molecule has 0 amide bonds. The molecule has 2 rings (SSSR count). The summed E-state index contributed by atoms with van der Waals surface area (Å²) < 4.78 is 38.7. The van der Waals surface area contributed by atoms with Gasteiger partial charge in [0.2, 0.25) is 0 Å². The number of alkyl halides is 3. The first-order valence-electron chi connectivity index (χ1n) is 5.05. The quantitative estimate of drug-likeness (QED) is 0.834. The summed E-state index contributed by atoms with van der Waals surface area (Å²) in [5, 5.41) is -0.0121. The SMILES string of the molecule is O=c1cc[nH]c(C(F)(F)F)c1-c1cccc(Cl)c1Cl. The molecule has 1 aromatic carbocycles. The van der Waals surface area contributed by atoms with Gasteiger partial charge in [-0.3, -0.25) is 4.79 Å². The molecule has 1 heterocycles.